The Labute approximate surface area is 168 Å². The topological polar surface area (TPSA) is 35.5 Å². The first kappa shape index (κ1) is 18.4. The summed E-state index contributed by atoms with van der Waals surface area (Å²) in [5.74, 6) is 0.581. The van der Waals surface area contributed by atoms with E-state index in [2.05, 4.69) is 19.6 Å². The molecule has 0 N–H and O–H groups in total. The summed E-state index contributed by atoms with van der Waals surface area (Å²) in [4.78, 5) is 12.0. The normalized spacial score (nSPS) is 20.9. The maximum absolute atomic E-state index is 12.0. The van der Waals surface area contributed by atoms with Crippen LogP contribution in [0.2, 0.25) is 10.0 Å². The molecule has 2 aliphatic rings. The molecule has 2 aromatic rings. The second-order valence-corrected chi connectivity index (χ2v) is 8.06. The van der Waals surface area contributed by atoms with Gasteiger partial charge in [-0.15, -0.1) is 0 Å². The van der Waals surface area contributed by atoms with E-state index in [4.69, 9.17) is 32.7 Å². The van der Waals surface area contributed by atoms with Crippen LogP contribution < -0.4 is 4.74 Å². The fourth-order valence-electron chi connectivity index (χ4n) is 4.11. The van der Waals surface area contributed by atoms with Crippen LogP contribution in [0, 0.1) is 19.8 Å². The molecule has 27 heavy (non-hydrogen) atoms. The summed E-state index contributed by atoms with van der Waals surface area (Å²) in [6.45, 7) is 8.42. The number of rotatable bonds is 3. The van der Waals surface area contributed by atoms with Crippen LogP contribution in [0.4, 0.5) is 0 Å². The first-order chi connectivity index (χ1) is 12.9. The van der Waals surface area contributed by atoms with E-state index >= 15 is 0 Å². The van der Waals surface area contributed by atoms with Gasteiger partial charge in [0.2, 0.25) is 0 Å². The minimum absolute atomic E-state index is 0.0634. The molecule has 140 valence electrons. The van der Waals surface area contributed by atoms with Crippen molar-refractivity contribution in [1.29, 1.82) is 0 Å². The first-order valence-electron chi connectivity index (χ1n) is 8.96. The van der Waals surface area contributed by atoms with Gasteiger partial charge in [0, 0.05) is 17.1 Å². The van der Waals surface area contributed by atoms with Crippen LogP contribution in [0.25, 0.3) is 0 Å². The van der Waals surface area contributed by atoms with Crippen LogP contribution in [-0.4, -0.2) is 5.97 Å². The summed E-state index contributed by atoms with van der Waals surface area (Å²) >= 11 is 12.1. The summed E-state index contributed by atoms with van der Waals surface area (Å²) in [6.07, 6.45) is 1.57. The molecule has 0 amide bonds. The van der Waals surface area contributed by atoms with Crippen molar-refractivity contribution in [3.8, 4) is 5.75 Å². The molecule has 0 saturated carbocycles. The summed E-state index contributed by atoms with van der Waals surface area (Å²) < 4.78 is 11.8. The molecule has 1 saturated heterocycles. The van der Waals surface area contributed by atoms with Gasteiger partial charge in [0.05, 0.1) is 10.0 Å². The Morgan fingerprint density at radius 3 is 2.74 bits per heavy atom. The number of carbonyl (C=O) groups excluding carboxylic acids is 1. The van der Waals surface area contributed by atoms with E-state index in [0.717, 1.165) is 40.8 Å². The van der Waals surface area contributed by atoms with Crippen molar-refractivity contribution < 1.29 is 14.3 Å². The van der Waals surface area contributed by atoms with Gasteiger partial charge < -0.3 is 9.47 Å². The van der Waals surface area contributed by atoms with Crippen molar-refractivity contribution >= 4 is 29.2 Å². The lowest BCUT2D eigenvalue weighted by molar-refractivity contribution is -0.139. The number of carbonyl (C=O) groups is 1. The lowest BCUT2D eigenvalue weighted by Crippen LogP contribution is -2.20. The molecule has 1 fully saturated rings. The predicted octanol–water partition coefficient (Wildman–Crippen LogP) is 5.91. The van der Waals surface area contributed by atoms with Gasteiger partial charge >= 0.3 is 5.97 Å². The zero-order chi connectivity index (χ0) is 19.3. The maximum atomic E-state index is 12.0. The molecule has 0 bridgehead atoms. The zero-order valence-corrected chi connectivity index (χ0v) is 16.8. The van der Waals surface area contributed by atoms with Gasteiger partial charge in [-0.25, -0.2) is 4.79 Å². The number of hydrogen-bond donors (Lipinski definition) is 0. The predicted molar refractivity (Wildman–Crippen MR) is 106 cm³/mol. The molecule has 1 aliphatic carbocycles. The van der Waals surface area contributed by atoms with Crippen LogP contribution in [0.15, 0.2) is 36.4 Å². The van der Waals surface area contributed by atoms with E-state index in [1.54, 1.807) is 6.07 Å². The second-order valence-electron chi connectivity index (χ2n) is 7.24. The standard InChI is InChI=1S/C22H20Cl2O3/c1-11-8-19(26-10-14-4-7-17(23)18(24)9-14)13(3)20-15(11)5-6-16-12(2)22(25)27-21(16)20/h4,7-9,16,21H,2,5-6,10H2,1,3H3/t16-,21+/m0/s1. The molecule has 1 heterocycles. The van der Waals surface area contributed by atoms with E-state index in [1.165, 1.54) is 5.56 Å². The Bertz CT molecular complexity index is 965. The average molecular weight is 403 g/mol. The van der Waals surface area contributed by atoms with Gasteiger partial charge in [-0.3, -0.25) is 0 Å². The van der Waals surface area contributed by atoms with Gasteiger partial charge in [0.25, 0.3) is 0 Å². The van der Waals surface area contributed by atoms with Gasteiger partial charge in [-0.2, -0.15) is 0 Å². The van der Waals surface area contributed by atoms with Crippen molar-refractivity contribution in [1.82, 2.24) is 0 Å². The summed E-state index contributed by atoms with van der Waals surface area (Å²) in [5.41, 5.74) is 6.06. The fourth-order valence-corrected chi connectivity index (χ4v) is 4.43. The highest BCUT2D eigenvalue weighted by Gasteiger charge is 2.44. The molecular formula is C22H20Cl2O3. The zero-order valence-electron chi connectivity index (χ0n) is 15.3. The van der Waals surface area contributed by atoms with Crippen molar-refractivity contribution in [3.63, 3.8) is 0 Å². The average Bonchev–Trinajstić information content (AvgIpc) is 2.93. The van der Waals surface area contributed by atoms with Crippen molar-refractivity contribution in [2.75, 3.05) is 0 Å². The molecule has 3 nitrogen and oxygen atoms in total. The molecule has 0 spiro atoms. The van der Waals surface area contributed by atoms with Crippen molar-refractivity contribution in [2.24, 2.45) is 5.92 Å². The molecule has 1 aliphatic heterocycles. The SMILES string of the molecule is C=C1C(=O)O[C@H]2c3c(C)c(OCc4ccc(Cl)c(Cl)c4)cc(C)c3CC[C@@H]12. The Morgan fingerprint density at radius 2 is 2.00 bits per heavy atom. The Kier molecular flexibility index (Phi) is 4.69. The van der Waals surface area contributed by atoms with Gasteiger partial charge in [0.15, 0.2) is 0 Å². The smallest absolute Gasteiger partial charge is 0.334 e. The first-order valence-corrected chi connectivity index (χ1v) is 9.72. The number of benzene rings is 2. The molecular weight excluding hydrogens is 383 g/mol. The molecule has 4 rings (SSSR count). The van der Waals surface area contributed by atoms with Crippen molar-refractivity contribution in [3.05, 3.63) is 74.3 Å². The number of aryl methyl sites for hydroxylation is 1. The minimum Gasteiger partial charge on any atom is -0.489 e. The lowest BCUT2D eigenvalue weighted by Gasteiger charge is -2.30. The Morgan fingerprint density at radius 1 is 1.22 bits per heavy atom. The van der Waals surface area contributed by atoms with Crippen LogP contribution in [-0.2, 0) is 22.6 Å². The molecule has 0 aromatic heterocycles. The van der Waals surface area contributed by atoms with Gasteiger partial charge in [-0.05, 0) is 67.1 Å². The third-order valence-electron chi connectivity index (χ3n) is 5.60. The van der Waals surface area contributed by atoms with Crippen LogP contribution in [0.3, 0.4) is 0 Å². The fraction of sp³-hybridized carbons (Fsp3) is 0.318. The molecule has 2 aromatic carbocycles. The number of fused-ring (bicyclic) bond motifs is 3. The summed E-state index contributed by atoms with van der Waals surface area (Å²) in [5, 5.41) is 1.03. The third kappa shape index (κ3) is 3.13. The largest absolute Gasteiger partial charge is 0.489 e. The third-order valence-corrected chi connectivity index (χ3v) is 6.34. The highest BCUT2D eigenvalue weighted by molar-refractivity contribution is 6.42. The highest BCUT2D eigenvalue weighted by atomic mass is 35.5. The highest BCUT2D eigenvalue weighted by Crippen LogP contribution is 2.49. The molecule has 0 radical (unpaired) electrons. The summed E-state index contributed by atoms with van der Waals surface area (Å²) in [7, 11) is 0. The van der Waals surface area contributed by atoms with E-state index in [9.17, 15) is 4.79 Å². The van der Waals surface area contributed by atoms with Crippen LogP contribution >= 0.6 is 23.2 Å². The number of esters is 1. The van der Waals surface area contributed by atoms with Gasteiger partial charge in [0.1, 0.15) is 18.5 Å². The lowest BCUT2D eigenvalue weighted by atomic mass is 9.76. The molecule has 0 unspecified atom stereocenters. The number of hydrogen-bond acceptors (Lipinski definition) is 3. The monoisotopic (exact) mass is 402 g/mol. The van der Waals surface area contributed by atoms with Crippen molar-refractivity contribution in [2.45, 2.75) is 39.4 Å². The Hall–Kier alpha value is -1.97. The van der Waals surface area contributed by atoms with Crippen LogP contribution in [0.1, 0.15) is 40.3 Å². The van der Waals surface area contributed by atoms with E-state index in [0.29, 0.717) is 22.2 Å². The summed E-state index contributed by atoms with van der Waals surface area (Å²) in [6, 6.07) is 7.54. The number of halogens is 2. The maximum Gasteiger partial charge on any atom is 0.334 e. The minimum atomic E-state index is -0.281. The van der Waals surface area contributed by atoms with E-state index < -0.39 is 0 Å². The van der Waals surface area contributed by atoms with Crippen LogP contribution in [0.5, 0.6) is 5.75 Å². The van der Waals surface area contributed by atoms with E-state index in [1.807, 2.05) is 19.1 Å². The van der Waals surface area contributed by atoms with Gasteiger partial charge in [-0.1, -0.05) is 35.8 Å². The quantitative estimate of drug-likeness (QED) is 0.473. The van der Waals surface area contributed by atoms with E-state index in [-0.39, 0.29) is 18.0 Å². The molecule has 2 atom stereocenters. The molecule has 5 heteroatoms. The Balaban J connectivity index is 1.66. The number of ether oxygens (including phenoxy) is 2. The second kappa shape index (κ2) is 6.88.